The van der Waals surface area contributed by atoms with Crippen molar-refractivity contribution in [2.24, 2.45) is 17.3 Å². The largest absolute Gasteiger partial charge is 0.295 e. The molecule has 0 radical (unpaired) electrons. The Bertz CT molecular complexity index is 364. The molecule has 2 rings (SSSR count). The molecule has 0 bridgehead atoms. The van der Waals surface area contributed by atoms with Crippen molar-refractivity contribution >= 4 is 5.78 Å². The van der Waals surface area contributed by atoms with Gasteiger partial charge in [-0.2, -0.15) is 0 Å². The summed E-state index contributed by atoms with van der Waals surface area (Å²) < 4.78 is 0. The Morgan fingerprint density at radius 2 is 2.25 bits per heavy atom. The van der Waals surface area contributed by atoms with E-state index in [9.17, 15) is 4.79 Å². The third kappa shape index (κ3) is 1.77. The topological polar surface area (TPSA) is 17.1 Å². The minimum absolute atomic E-state index is 0.246. The summed E-state index contributed by atoms with van der Waals surface area (Å²) in [7, 11) is 0. The highest BCUT2D eigenvalue weighted by Gasteiger charge is 2.43. The van der Waals surface area contributed by atoms with Gasteiger partial charge in [0.05, 0.1) is 0 Å². The van der Waals surface area contributed by atoms with Crippen LogP contribution in [0.15, 0.2) is 23.8 Å². The Labute approximate surface area is 98.6 Å². The Morgan fingerprint density at radius 3 is 2.88 bits per heavy atom. The molecule has 1 nitrogen and oxygen atoms in total. The number of carbonyl (C=O) groups excluding carboxylic acids is 1. The van der Waals surface area contributed by atoms with Gasteiger partial charge in [0.25, 0.3) is 0 Å². The van der Waals surface area contributed by atoms with E-state index in [0.29, 0.717) is 17.6 Å². The Kier molecular flexibility index (Phi) is 2.81. The van der Waals surface area contributed by atoms with Crippen LogP contribution in [0.3, 0.4) is 0 Å². The molecule has 2 aliphatic carbocycles. The zero-order valence-corrected chi connectivity index (χ0v) is 10.7. The van der Waals surface area contributed by atoms with Gasteiger partial charge in [0, 0.05) is 6.42 Å². The van der Waals surface area contributed by atoms with Crippen molar-refractivity contribution < 1.29 is 4.79 Å². The molecule has 0 N–H and O–H groups in total. The maximum atomic E-state index is 11.6. The predicted molar refractivity (Wildman–Crippen MR) is 67.1 cm³/mol. The van der Waals surface area contributed by atoms with Crippen molar-refractivity contribution in [3.05, 3.63) is 23.8 Å². The second-order valence-electron chi connectivity index (χ2n) is 5.94. The van der Waals surface area contributed by atoms with E-state index in [1.54, 1.807) is 0 Å². The first-order valence-electron chi connectivity index (χ1n) is 6.33. The average molecular weight is 218 g/mol. The fourth-order valence-electron chi connectivity index (χ4n) is 3.32. The van der Waals surface area contributed by atoms with E-state index in [1.807, 2.05) is 6.08 Å². The lowest BCUT2D eigenvalue weighted by Crippen LogP contribution is -2.38. The number of fused-ring (bicyclic) bond motifs is 1. The molecular weight excluding hydrogens is 196 g/mol. The van der Waals surface area contributed by atoms with Crippen LogP contribution < -0.4 is 0 Å². The standard InChI is InChI=1S/C15H22O/c1-10(2)12-5-6-13-8-14(16)7-11(3)15(13,4)9-12/h8,11-12H,1,5-7,9H2,2-4H3/t11-,12-,15-/m1/s1. The maximum Gasteiger partial charge on any atom is 0.155 e. The molecule has 0 unspecified atom stereocenters. The molecule has 0 saturated heterocycles. The van der Waals surface area contributed by atoms with E-state index in [2.05, 4.69) is 27.4 Å². The number of ketones is 1. The van der Waals surface area contributed by atoms with Crippen LogP contribution in [0.25, 0.3) is 0 Å². The fourth-order valence-corrected chi connectivity index (χ4v) is 3.32. The average Bonchev–Trinajstić information content (AvgIpc) is 2.19. The van der Waals surface area contributed by atoms with Crippen LogP contribution in [0.2, 0.25) is 0 Å². The zero-order valence-electron chi connectivity index (χ0n) is 10.7. The fraction of sp³-hybridized carbons (Fsp3) is 0.667. The lowest BCUT2D eigenvalue weighted by molar-refractivity contribution is -0.117. The van der Waals surface area contributed by atoms with Crippen molar-refractivity contribution in [2.75, 3.05) is 0 Å². The molecule has 0 aliphatic heterocycles. The minimum Gasteiger partial charge on any atom is -0.295 e. The van der Waals surface area contributed by atoms with Gasteiger partial charge in [0.1, 0.15) is 0 Å². The first-order chi connectivity index (χ1) is 7.43. The smallest absolute Gasteiger partial charge is 0.155 e. The van der Waals surface area contributed by atoms with Gasteiger partial charge >= 0.3 is 0 Å². The molecule has 2 aliphatic rings. The lowest BCUT2D eigenvalue weighted by Gasteiger charge is -2.47. The van der Waals surface area contributed by atoms with E-state index < -0.39 is 0 Å². The third-order valence-corrected chi connectivity index (χ3v) is 4.79. The SMILES string of the molecule is C=C(C)[C@@H]1CCC2=CC(=O)C[C@@H](C)[C@@]2(C)C1. The molecule has 16 heavy (non-hydrogen) atoms. The van der Waals surface area contributed by atoms with Crippen molar-refractivity contribution in [1.82, 2.24) is 0 Å². The summed E-state index contributed by atoms with van der Waals surface area (Å²) in [4.78, 5) is 11.6. The van der Waals surface area contributed by atoms with E-state index >= 15 is 0 Å². The molecule has 88 valence electrons. The van der Waals surface area contributed by atoms with Gasteiger partial charge in [0.15, 0.2) is 5.78 Å². The van der Waals surface area contributed by atoms with Crippen LogP contribution in [-0.4, -0.2) is 5.78 Å². The van der Waals surface area contributed by atoms with Gasteiger partial charge in [-0.25, -0.2) is 0 Å². The molecule has 0 aromatic heterocycles. The molecule has 3 atom stereocenters. The van der Waals surface area contributed by atoms with Gasteiger partial charge < -0.3 is 0 Å². The highest BCUT2D eigenvalue weighted by atomic mass is 16.1. The van der Waals surface area contributed by atoms with E-state index in [-0.39, 0.29) is 5.41 Å². The van der Waals surface area contributed by atoms with Gasteiger partial charge in [-0.3, -0.25) is 4.79 Å². The second kappa shape index (κ2) is 3.87. The van der Waals surface area contributed by atoms with Crippen molar-refractivity contribution in [3.8, 4) is 0 Å². The number of hydrogen-bond acceptors (Lipinski definition) is 1. The molecule has 0 heterocycles. The van der Waals surface area contributed by atoms with E-state index in [1.165, 1.54) is 24.0 Å². The summed E-state index contributed by atoms with van der Waals surface area (Å²) in [6.45, 7) is 10.8. The summed E-state index contributed by atoms with van der Waals surface area (Å²) in [6, 6.07) is 0. The molecule has 0 spiro atoms. The minimum atomic E-state index is 0.246. The number of hydrogen-bond donors (Lipinski definition) is 0. The van der Waals surface area contributed by atoms with Gasteiger partial charge in [-0.05, 0) is 49.5 Å². The number of carbonyl (C=O) groups is 1. The number of allylic oxidation sites excluding steroid dienone is 3. The highest BCUT2D eigenvalue weighted by molar-refractivity contribution is 5.92. The van der Waals surface area contributed by atoms with Crippen LogP contribution in [-0.2, 0) is 4.79 Å². The molecule has 0 amide bonds. The summed E-state index contributed by atoms with van der Waals surface area (Å²) >= 11 is 0. The van der Waals surface area contributed by atoms with Crippen molar-refractivity contribution in [3.63, 3.8) is 0 Å². The summed E-state index contributed by atoms with van der Waals surface area (Å²) in [5.74, 6) is 1.47. The van der Waals surface area contributed by atoms with Crippen LogP contribution in [0.4, 0.5) is 0 Å². The Balaban J connectivity index is 2.30. The monoisotopic (exact) mass is 218 g/mol. The normalized spacial score (nSPS) is 38.9. The molecule has 0 aromatic carbocycles. The quantitative estimate of drug-likeness (QED) is 0.610. The molecule has 1 saturated carbocycles. The van der Waals surface area contributed by atoms with Crippen molar-refractivity contribution in [1.29, 1.82) is 0 Å². The van der Waals surface area contributed by atoms with Crippen LogP contribution in [0, 0.1) is 17.3 Å². The maximum absolute atomic E-state index is 11.6. The van der Waals surface area contributed by atoms with Gasteiger partial charge in [-0.15, -0.1) is 0 Å². The van der Waals surface area contributed by atoms with E-state index in [4.69, 9.17) is 0 Å². The van der Waals surface area contributed by atoms with E-state index in [0.717, 1.165) is 12.8 Å². The summed E-state index contributed by atoms with van der Waals surface area (Å²) in [5, 5.41) is 0. The van der Waals surface area contributed by atoms with Gasteiger partial charge in [0.2, 0.25) is 0 Å². The third-order valence-electron chi connectivity index (χ3n) is 4.79. The van der Waals surface area contributed by atoms with Crippen molar-refractivity contribution in [2.45, 2.75) is 46.5 Å². The predicted octanol–water partition coefficient (Wildman–Crippen LogP) is 3.90. The summed E-state index contributed by atoms with van der Waals surface area (Å²) in [5.41, 5.74) is 2.95. The first kappa shape index (κ1) is 11.6. The van der Waals surface area contributed by atoms with Crippen LogP contribution in [0.1, 0.15) is 46.5 Å². The molecule has 1 fully saturated rings. The lowest BCUT2D eigenvalue weighted by atomic mass is 9.57. The Hall–Kier alpha value is -0.850. The van der Waals surface area contributed by atoms with Gasteiger partial charge in [-0.1, -0.05) is 31.6 Å². The Morgan fingerprint density at radius 1 is 1.56 bits per heavy atom. The first-order valence-corrected chi connectivity index (χ1v) is 6.33. The number of rotatable bonds is 1. The van der Waals surface area contributed by atoms with Crippen LogP contribution in [0.5, 0.6) is 0 Å². The summed E-state index contributed by atoms with van der Waals surface area (Å²) in [6.07, 6.45) is 6.10. The second-order valence-corrected chi connectivity index (χ2v) is 5.94. The highest BCUT2D eigenvalue weighted by Crippen LogP contribution is 2.52. The zero-order chi connectivity index (χ0) is 11.9. The molecule has 1 heteroatoms. The van der Waals surface area contributed by atoms with Crippen LogP contribution >= 0.6 is 0 Å². The molecular formula is C15H22O. The molecule has 0 aromatic rings.